The maximum Gasteiger partial charge on any atom is 0.257 e. The lowest BCUT2D eigenvalue weighted by molar-refractivity contribution is 0.102. The molecule has 1 heterocycles. The summed E-state index contributed by atoms with van der Waals surface area (Å²) in [5, 5.41) is 14.5. The Labute approximate surface area is 96.6 Å². The van der Waals surface area contributed by atoms with Gasteiger partial charge in [-0.3, -0.25) is 10.1 Å². The van der Waals surface area contributed by atoms with Crippen molar-refractivity contribution in [1.29, 1.82) is 0 Å². The minimum atomic E-state index is -0.261. The molecule has 1 aromatic carbocycles. The van der Waals surface area contributed by atoms with E-state index < -0.39 is 0 Å². The van der Waals surface area contributed by atoms with Crippen molar-refractivity contribution in [3.05, 3.63) is 40.9 Å². The number of amides is 1. The SMILES string of the molecule is Cc1c(O)cccc1C(=O)Nc1nccs1. The number of benzene rings is 1. The van der Waals surface area contributed by atoms with Crippen LogP contribution in [0.25, 0.3) is 0 Å². The van der Waals surface area contributed by atoms with Gasteiger partial charge in [0.2, 0.25) is 0 Å². The summed E-state index contributed by atoms with van der Waals surface area (Å²) < 4.78 is 0. The molecule has 82 valence electrons. The molecule has 0 radical (unpaired) electrons. The van der Waals surface area contributed by atoms with Crippen molar-refractivity contribution >= 4 is 22.4 Å². The predicted octanol–water partition coefficient (Wildman–Crippen LogP) is 2.41. The van der Waals surface area contributed by atoms with Gasteiger partial charge in [-0.15, -0.1) is 11.3 Å². The molecule has 2 aromatic rings. The van der Waals surface area contributed by atoms with Gasteiger partial charge in [0.25, 0.3) is 5.91 Å². The second kappa shape index (κ2) is 4.32. The Hall–Kier alpha value is -1.88. The van der Waals surface area contributed by atoms with E-state index in [1.165, 1.54) is 11.3 Å². The van der Waals surface area contributed by atoms with Gasteiger partial charge in [-0.2, -0.15) is 0 Å². The molecule has 5 heteroatoms. The lowest BCUT2D eigenvalue weighted by Gasteiger charge is -2.06. The molecule has 16 heavy (non-hydrogen) atoms. The van der Waals surface area contributed by atoms with Crippen molar-refractivity contribution < 1.29 is 9.90 Å². The van der Waals surface area contributed by atoms with E-state index in [4.69, 9.17) is 0 Å². The van der Waals surface area contributed by atoms with Gasteiger partial charge in [0.15, 0.2) is 5.13 Å². The van der Waals surface area contributed by atoms with Gasteiger partial charge in [0, 0.05) is 22.7 Å². The van der Waals surface area contributed by atoms with Crippen LogP contribution in [0.3, 0.4) is 0 Å². The molecule has 0 unspecified atom stereocenters. The standard InChI is InChI=1S/C11H10N2O2S/c1-7-8(3-2-4-9(7)14)10(15)13-11-12-5-6-16-11/h2-6,14H,1H3,(H,12,13,15). The Morgan fingerprint density at radius 1 is 1.50 bits per heavy atom. The van der Waals surface area contributed by atoms with Crippen LogP contribution in [0.2, 0.25) is 0 Å². The zero-order valence-corrected chi connectivity index (χ0v) is 9.41. The van der Waals surface area contributed by atoms with E-state index in [1.807, 2.05) is 0 Å². The van der Waals surface area contributed by atoms with Crippen molar-refractivity contribution in [2.45, 2.75) is 6.92 Å². The number of nitrogens with one attached hydrogen (secondary N) is 1. The third-order valence-electron chi connectivity index (χ3n) is 2.20. The van der Waals surface area contributed by atoms with Crippen LogP contribution in [0.4, 0.5) is 5.13 Å². The summed E-state index contributed by atoms with van der Waals surface area (Å²) >= 11 is 1.35. The molecule has 0 saturated heterocycles. The minimum Gasteiger partial charge on any atom is -0.508 e. The zero-order chi connectivity index (χ0) is 11.5. The lowest BCUT2D eigenvalue weighted by Crippen LogP contribution is -2.13. The molecule has 0 aliphatic heterocycles. The number of carbonyl (C=O) groups is 1. The van der Waals surface area contributed by atoms with Crippen molar-refractivity contribution in [3.63, 3.8) is 0 Å². The second-order valence-corrected chi connectivity index (χ2v) is 4.14. The van der Waals surface area contributed by atoms with Crippen LogP contribution >= 0.6 is 11.3 Å². The number of hydrogen-bond donors (Lipinski definition) is 2. The van der Waals surface area contributed by atoms with Crippen molar-refractivity contribution in [2.75, 3.05) is 5.32 Å². The Morgan fingerprint density at radius 2 is 2.31 bits per heavy atom. The summed E-state index contributed by atoms with van der Waals surface area (Å²) in [7, 11) is 0. The highest BCUT2D eigenvalue weighted by Crippen LogP contribution is 2.21. The maximum absolute atomic E-state index is 11.8. The van der Waals surface area contributed by atoms with Gasteiger partial charge < -0.3 is 5.11 Å². The monoisotopic (exact) mass is 234 g/mol. The fourth-order valence-corrected chi connectivity index (χ4v) is 1.84. The van der Waals surface area contributed by atoms with Gasteiger partial charge in [0.1, 0.15) is 5.75 Å². The third kappa shape index (κ3) is 2.04. The zero-order valence-electron chi connectivity index (χ0n) is 8.60. The van der Waals surface area contributed by atoms with E-state index in [9.17, 15) is 9.90 Å². The normalized spacial score (nSPS) is 10.1. The number of carbonyl (C=O) groups excluding carboxylic acids is 1. The molecule has 4 nitrogen and oxygen atoms in total. The molecule has 1 aromatic heterocycles. The van der Waals surface area contributed by atoms with E-state index in [1.54, 1.807) is 36.7 Å². The molecule has 0 atom stereocenters. The van der Waals surface area contributed by atoms with Crippen molar-refractivity contribution in [3.8, 4) is 5.75 Å². The first-order valence-corrected chi connectivity index (χ1v) is 5.56. The Kier molecular flexibility index (Phi) is 2.87. The fraction of sp³-hybridized carbons (Fsp3) is 0.0909. The van der Waals surface area contributed by atoms with Crippen molar-refractivity contribution in [1.82, 2.24) is 4.98 Å². The van der Waals surface area contributed by atoms with Gasteiger partial charge in [-0.1, -0.05) is 6.07 Å². The van der Waals surface area contributed by atoms with Gasteiger partial charge in [0.05, 0.1) is 0 Å². The molecule has 0 fully saturated rings. The van der Waals surface area contributed by atoms with Crippen LogP contribution in [0, 0.1) is 6.92 Å². The van der Waals surface area contributed by atoms with Gasteiger partial charge in [-0.05, 0) is 19.1 Å². The number of anilines is 1. The smallest absolute Gasteiger partial charge is 0.257 e. The topological polar surface area (TPSA) is 62.2 Å². The highest BCUT2D eigenvalue weighted by Gasteiger charge is 2.12. The molecular formula is C11H10N2O2S. The summed E-state index contributed by atoms with van der Waals surface area (Å²) in [6.07, 6.45) is 1.62. The molecular weight excluding hydrogens is 224 g/mol. The summed E-state index contributed by atoms with van der Waals surface area (Å²) in [6, 6.07) is 4.85. The third-order valence-corrected chi connectivity index (χ3v) is 2.89. The number of phenolic OH excluding ortho intramolecular Hbond substituents is 1. The van der Waals surface area contributed by atoms with E-state index in [0.717, 1.165) is 0 Å². The Balaban J connectivity index is 2.24. The minimum absolute atomic E-state index is 0.117. The number of hydrogen-bond acceptors (Lipinski definition) is 4. The fourth-order valence-electron chi connectivity index (χ4n) is 1.32. The van der Waals surface area contributed by atoms with Gasteiger partial charge in [-0.25, -0.2) is 4.98 Å². The van der Waals surface area contributed by atoms with Crippen LogP contribution in [0.5, 0.6) is 5.75 Å². The molecule has 0 aliphatic rings. The average molecular weight is 234 g/mol. The lowest BCUT2D eigenvalue weighted by atomic mass is 10.1. The summed E-state index contributed by atoms with van der Waals surface area (Å²) in [6.45, 7) is 1.70. The number of rotatable bonds is 2. The Bertz CT molecular complexity index is 509. The first-order valence-electron chi connectivity index (χ1n) is 4.68. The largest absolute Gasteiger partial charge is 0.508 e. The molecule has 0 saturated carbocycles. The van der Waals surface area contributed by atoms with Crippen LogP contribution in [-0.2, 0) is 0 Å². The van der Waals surface area contributed by atoms with Crippen LogP contribution in [-0.4, -0.2) is 16.0 Å². The van der Waals surface area contributed by atoms with E-state index >= 15 is 0 Å². The van der Waals surface area contributed by atoms with Gasteiger partial charge >= 0.3 is 0 Å². The molecule has 0 spiro atoms. The van der Waals surface area contributed by atoms with Crippen LogP contribution in [0.15, 0.2) is 29.8 Å². The van der Waals surface area contributed by atoms with E-state index in [2.05, 4.69) is 10.3 Å². The molecule has 1 amide bonds. The maximum atomic E-state index is 11.8. The highest BCUT2D eigenvalue weighted by atomic mass is 32.1. The van der Waals surface area contributed by atoms with E-state index in [0.29, 0.717) is 16.3 Å². The number of nitrogens with zero attached hydrogens (tertiary/aromatic N) is 1. The molecule has 2 N–H and O–H groups in total. The summed E-state index contributed by atoms with van der Waals surface area (Å²) in [4.78, 5) is 15.8. The number of aromatic hydroxyl groups is 1. The molecule has 2 rings (SSSR count). The first-order chi connectivity index (χ1) is 7.68. The predicted molar refractivity (Wildman–Crippen MR) is 62.9 cm³/mol. The second-order valence-electron chi connectivity index (χ2n) is 3.24. The number of aromatic nitrogens is 1. The number of thiazole rings is 1. The first kappa shape index (κ1) is 10.6. The van der Waals surface area contributed by atoms with Crippen molar-refractivity contribution in [2.24, 2.45) is 0 Å². The summed E-state index contributed by atoms with van der Waals surface area (Å²) in [5.41, 5.74) is 1.02. The number of phenols is 1. The Morgan fingerprint density at radius 3 is 3.00 bits per heavy atom. The summed E-state index contributed by atoms with van der Waals surface area (Å²) in [5.74, 6) is -0.143. The van der Waals surface area contributed by atoms with Crippen LogP contribution in [0.1, 0.15) is 15.9 Å². The average Bonchev–Trinajstić information content (AvgIpc) is 2.74. The van der Waals surface area contributed by atoms with E-state index in [-0.39, 0.29) is 11.7 Å². The van der Waals surface area contributed by atoms with Crippen LogP contribution < -0.4 is 5.32 Å². The highest BCUT2D eigenvalue weighted by molar-refractivity contribution is 7.13. The molecule has 0 aliphatic carbocycles. The quantitative estimate of drug-likeness (QED) is 0.838. The molecule has 0 bridgehead atoms.